The molecule has 0 fully saturated rings. The monoisotopic (exact) mass is 174 g/mol. The third kappa shape index (κ3) is 6.23. The second kappa shape index (κ2) is 7.92. The highest BCUT2D eigenvalue weighted by molar-refractivity contribution is 8.13. The van der Waals surface area contributed by atoms with Crippen molar-refractivity contribution < 1.29 is 0 Å². The normalized spacial score (nSPS) is 11.7. The maximum absolute atomic E-state index is 4.39. The van der Waals surface area contributed by atoms with Crippen LogP contribution in [0.1, 0.15) is 27.2 Å². The van der Waals surface area contributed by atoms with Crippen molar-refractivity contribution in [2.24, 2.45) is 4.99 Å². The van der Waals surface area contributed by atoms with Crippen molar-refractivity contribution in [3.63, 3.8) is 0 Å². The molecule has 0 saturated carbocycles. The van der Waals surface area contributed by atoms with Crippen molar-refractivity contribution in [1.29, 1.82) is 0 Å². The molecule has 0 aliphatic carbocycles. The van der Waals surface area contributed by atoms with E-state index in [4.69, 9.17) is 0 Å². The van der Waals surface area contributed by atoms with Crippen molar-refractivity contribution >= 4 is 16.9 Å². The van der Waals surface area contributed by atoms with Gasteiger partial charge in [-0.1, -0.05) is 25.6 Å². The molecule has 0 aromatic rings. The molecule has 0 amide bonds. The second-order valence-corrected chi connectivity index (χ2v) is 3.40. The summed E-state index contributed by atoms with van der Waals surface area (Å²) >= 11 is 1.78. The van der Waals surface area contributed by atoms with Gasteiger partial charge in [-0.2, -0.15) is 0 Å². The van der Waals surface area contributed by atoms with E-state index in [0.717, 1.165) is 30.4 Å². The summed E-state index contributed by atoms with van der Waals surface area (Å²) in [6.07, 6.45) is 1.12. The summed E-state index contributed by atoms with van der Waals surface area (Å²) in [5, 5.41) is 4.33. The van der Waals surface area contributed by atoms with E-state index in [0.29, 0.717) is 0 Å². The van der Waals surface area contributed by atoms with Crippen molar-refractivity contribution in [1.82, 2.24) is 5.32 Å². The summed E-state index contributed by atoms with van der Waals surface area (Å²) < 4.78 is 0. The van der Waals surface area contributed by atoms with Gasteiger partial charge in [0.1, 0.15) is 0 Å². The minimum Gasteiger partial charge on any atom is -0.365 e. The van der Waals surface area contributed by atoms with Crippen LogP contribution >= 0.6 is 11.8 Å². The van der Waals surface area contributed by atoms with Crippen LogP contribution < -0.4 is 5.32 Å². The Bertz CT molecular complexity index is 105. The summed E-state index contributed by atoms with van der Waals surface area (Å²) in [5.74, 6) is 1.09. The summed E-state index contributed by atoms with van der Waals surface area (Å²) in [4.78, 5) is 4.39. The van der Waals surface area contributed by atoms with Crippen LogP contribution in [-0.4, -0.2) is 24.0 Å². The fraction of sp³-hybridized carbons (Fsp3) is 0.875. The highest BCUT2D eigenvalue weighted by atomic mass is 32.2. The Hall–Kier alpha value is -0.180. The van der Waals surface area contributed by atoms with E-state index in [1.54, 1.807) is 11.8 Å². The average molecular weight is 174 g/mol. The fourth-order valence-corrected chi connectivity index (χ4v) is 1.36. The molecule has 0 aliphatic rings. The largest absolute Gasteiger partial charge is 0.365 e. The number of hydrogen-bond acceptors (Lipinski definition) is 2. The first-order chi connectivity index (χ1) is 5.35. The van der Waals surface area contributed by atoms with Crippen LogP contribution in [0.4, 0.5) is 0 Å². The predicted octanol–water partition coefficient (Wildman–Crippen LogP) is 2.12. The van der Waals surface area contributed by atoms with Gasteiger partial charge in [-0.25, -0.2) is 0 Å². The lowest BCUT2D eigenvalue weighted by molar-refractivity contribution is 0.907. The predicted molar refractivity (Wildman–Crippen MR) is 54.4 cm³/mol. The minimum absolute atomic E-state index is 0.940. The van der Waals surface area contributed by atoms with Crippen molar-refractivity contribution in [3.05, 3.63) is 0 Å². The molecular weight excluding hydrogens is 156 g/mol. The first kappa shape index (κ1) is 10.8. The van der Waals surface area contributed by atoms with Gasteiger partial charge in [0.05, 0.1) is 0 Å². The molecule has 2 nitrogen and oxygen atoms in total. The molecule has 0 bridgehead atoms. The van der Waals surface area contributed by atoms with Gasteiger partial charge in [0.15, 0.2) is 5.17 Å². The first-order valence-corrected chi connectivity index (χ1v) is 5.24. The molecule has 0 heterocycles. The molecular formula is C8H18N2S. The third-order valence-corrected chi connectivity index (χ3v) is 1.92. The fourth-order valence-electron chi connectivity index (χ4n) is 0.654. The lowest BCUT2D eigenvalue weighted by Gasteiger charge is -2.04. The SMILES string of the molecule is CCCN=C(NCC)SCC. The quantitative estimate of drug-likeness (QED) is 0.521. The van der Waals surface area contributed by atoms with E-state index in [1.807, 2.05) is 0 Å². The highest BCUT2D eigenvalue weighted by Gasteiger charge is 1.93. The molecule has 0 spiro atoms. The molecule has 11 heavy (non-hydrogen) atoms. The molecule has 0 aromatic carbocycles. The smallest absolute Gasteiger partial charge is 0.156 e. The average Bonchev–Trinajstić information content (AvgIpc) is 2.01. The number of amidine groups is 1. The Kier molecular flexibility index (Phi) is 7.79. The Labute approximate surface area is 73.9 Å². The molecule has 1 N–H and O–H groups in total. The van der Waals surface area contributed by atoms with Crippen LogP contribution in [0.15, 0.2) is 4.99 Å². The van der Waals surface area contributed by atoms with E-state index in [-0.39, 0.29) is 0 Å². The molecule has 0 rings (SSSR count). The highest BCUT2D eigenvalue weighted by Crippen LogP contribution is 2.00. The Balaban J connectivity index is 3.66. The van der Waals surface area contributed by atoms with Gasteiger partial charge < -0.3 is 5.32 Å². The summed E-state index contributed by atoms with van der Waals surface area (Å²) in [6, 6.07) is 0. The van der Waals surface area contributed by atoms with Gasteiger partial charge in [-0.15, -0.1) is 0 Å². The zero-order chi connectivity index (χ0) is 8.53. The topological polar surface area (TPSA) is 24.4 Å². The zero-order valence-electron chi connectivity index (χ0n) is 7.68. The van der Waals surface area contributed by atoms with Crippen molar-refractivity contribution in [2.75, 3.05) is 18.8 Å². The van der Waals surface area contributed by atoms with Crippen LogP contribution in [0.5, 0.6) is 0 Å². The second-order valence-electron chi connectivity index (χ2n) is 2.15. The van der Waals surface area contributed by atoms with Crippen LogP contribution in [0.25, 0.3) is 0 Å². The van der Waals surface area contributed by atoms with E-state index in [9.17, 15) is 0 Å². The maximum atomic E-state index is 4.39. The number of thioether (sulfide) groups is 1. The number of nitrogens with zero attached hydrogens (tertiary/aromatic N) is 1. The number of hydrogen-bond donors (Lipinski definition) is 1. The van der Waals surface area contributed by atoms with E-state index in [2.05, 4.69) is 31.1 Å². The summed E-state index contributed by atoms with van der Waals surface area (Å²) in [5.41, 5.74) is 0. The summed E-state index contributed by atoms with van der Waals surface area (Å²) in [7, 11) is 0. The van der Waals surface area contributed by atoms with Gasteiger partial charge in [-0.3, -0.25) is 4.99 Å². The third-order valence-electron chi connectivity index (χ3n) is 1.09. The van der Waals surface area contributed by atoms with E-state index >= 15 is 0 Å². The molecule has 3 heteroatoms. The van der Waals surface area contributed by atoms with Crippen molar-refractivity contribution in [3.8, 4) is 0 Å². The first-order valence-electron chi connectivity index (χ1n) is 4.26. The lowest BCUT2D eigenvalue weighted by atomic mass is 10.5. The Morgan fingerprint density at radius 3 is 2.55 bits per heavy atom. The standard InChI is InChI=1S/C8H18N2S/c1-4-7-10-8(9-5-2)11-6-3/h4-7H2,1-3H3,(H,9,10). The van der Waals surface area contributed by atoms with Gasteiger partial charge in [0, 0.05) is 13.1 Å². The number of nitrogens with one attached hydrogen (secondary N) is 1. The Morgan fingerprint density at radius 1 is 1.36 bits per heavy atom. The zero-order valence-corrected chi connectivity index (χ0v) is 8.50. The van der Waals surface area contributed by atoms with Gasteiger partial charge in [-0.05, 0) is 19.1 Å². The van der Waals surface area contributed by atoms with E-state index in [1.165, 1.54) is 0 Å². The van der Waals surface area contributed by atoms with Crippen LogP contribution in [0.2, 0.25) is 0 Å². The molecule has 0 unspecified atom stereocenters. The van der Waals surface area contributed by atoms with Gasteiger partial charge >= 0.3 is 0 Å². The van der Waals surface area contributed by atoms with E-state index < -0.39 is 0 Å². The Morgan fingerprint density at radius 2 is 2.09 bits per heavy atom. The van der Waals surface area contributed by atoms with Gasteiger partial charge in [0.2, 0.25) is 0 Å². The molecule has 66 valence electrons. The van der Waals surface area contributed by atoms with Gasteiger partial charge in [0.25, 0.3) is 0 Å². The molecule has 0 aliphatic heterocycles. The molecule has 0 atom stereocenters. The molecule has 0 aromatic heterocycles. The molecule has 0 saturated heterocycles. The minimum atomic E-state index is 0.940. The lowest BCUT2D eigenvalue weighted by Crippen LogP contribution is -2.20. The maximum Gasteiger partial charge on any atom is 0.156 e. The van der Waals surface area contributed by atoms with Crippen molar-refractivity contribution in [2.45, 2.75) is 27.2 Å². The van der Waals surface area contributed by atoms with Crippen LogP contribution in [0.3, 0.4) is 0 Å². The summed E-state index contributed by atoms with van der Waals surface area (Å²) in [6.45, 7) is 8.29. The molecule has 0 radical (unpaired) electrons. The number of rotatable bonds is 4. The number of aliphatic imine (C=N–C) groups is 1. The van der Waals surface area contributed by atoms with Crippen LogP contribution in [-0.2, 0) is 0 Å². The van der Waals surface area contributed by atoms with Crippen LogP contribution in [0, 0.1) is 0 Å².